The molecule has 0 aliphatic rings. The maximum Gasteiger partial charge on any atom is 0.416 e. The van der Waals surface area contributed by atoms with E-state index in [1.807, 2.05) is 19.1 Å². The summed E-state index contributed by atoms with van der Waals surface area (Å²) in [4.78, 5) is 12.3. The second-order valence-corrected chi connectivity index (χ2v) is 7.83. The summed E-state index contributed by atoms with van der Waals surface area (Å²) in [5, 5.41) is 11.0. The van der Waals surface area contributed by atoms with E-state index in [9.17, 15) is 18.0 Å². The molecule has 0 saturated carbocycles. The Morgan fingerprint density at radius 1 is 1.11 bits per heavy atom. The SMILES string of the molecule is Cc1ccccc1C(=O)Nc1nnc(SCc2ccc(C(F)(F)F)cc2)s1. The van der Waals surface area contributed by atoms with Gasteiger partial charge in [-0.25, -0.2) is 0 Å². The molecule has 0 spiro atoms. The molecule has 0 aliphatic heterocycles. The first-order valence-corrected chi connectivity index (χ1v) is 9.62. The minimum absolute atomic E-state index is 0.261. The van der Waals surface area contributed by atoms with E-state index in [0.717, 1.165) is 23.3 Å². The monoisotopic (exact) mass is 409 g/mol. The van der Waals surface area contributed by atoms with E-state index >= 15 is 0 Å². The van der Waals surface area contributed by atoms with Crippen molar-refractivity contribution in [3.05, 3.63) is 70.8 Å². The Balaban J connectivity index is 1.58. The fraction of sp³-hybridized carbons (Fsp3) is 0.167. The van der Waals surface area contributed by atoms with Crippen LogP contribution in [0, 0.1) is 6.92 Å². The average molecular weight is 409 g/mol. The lowest BCUT2D eigenvalue weighted by Crippen LogP contribution is -2.12. The molecule has 1 N–H and O–H groups in total. The predicted octanol–water partition coefficient (Wildman–Crippen LogP) is 5.41. The van der Waals surface area contributed by atoms with Crippen molar-refractivity contribution < 1.29 is 18.0 Å². The Bertz CT molecular complexity index is 940. The minimum atomic E-state index is -4.34. The van der Waals surface area contributed by atoms with Crippen molar-refractivity contribution >= 4 is 34.1 Å². The molecule has 2 aromatic carbocycles. The van der Waals surface area contributed by atoms with Gasteiger partial charge in [0.2, 0.25) is 5.13 Å². The van der Waals surface area contributed by atoms with Gasteiger partial charge in [0.25, 0.3) is 5.91 Å². The van der Waals surface area contributed by atoms with Crippen LogP contribution in [0.15, 0.2) is 52.9 Å². The molecule has 3 aromatic rings. The third-order valence-corrected chi connectivity index (χ3v) is 5.70. The molecular formula is C18H14F3N3OS2. The lowest BCUT2D eigenvalue weighted by molar-refractivity contribution is -0.137. The largest absolute Gasteiger partial charge is 0.416 e. The van der Waals surface area contributed by atoms with Crippen molar-refractivity contribution in [2.45, 2.75) is 23.2 Å². The number of amides is 1. The zero-order valence-corrected chi connectivity index (χ0v) is 15.7. The topological polar surface area (TPSA) is 54.9 Å². The van der Waals surface area contributed by atoms with Gasteiger partial charge in [0, 0.05) is 11.3 Å². The molecule has 3 rings (SSSR count). The number of aromatic nitrogens is 2. The first kappa shape index (κ1) is 19.4. The van der Waals surface area contributed by atoms with E-state index in [2.05, 4.69) is 15.5 Å². The molecule has 1 aromatic heterocycles. The number of benzene rings is 2. The molecule has 1 amide bonds. The van der Waals surface area contributed by atoms with Gasteiger partial charge in [0.1, 0.15) is 0 Å². The molecule has 0 atom stereocenters. The van der Waals surface area contributed by atoms with Crippen LogP contribution in [0.5, 0.6) is 0 Å². The zero-order valence-electron chi connectivity index (χ0n) is 14.1. The van der Waals surface area contributed by atoms with Crippen molar-refractivity contribution in [3.63, 3.8) is 0 Å². The highest BCUT2D eigenvalue weighted by molar-refractivity contribution is 8.00. The van der Waals surface area contributed by atoms with Gasteiger partial charge < -0.3 is 0 Å². The molecule has 0 radical (unpaired) electrons. The molecule has 0 saturated heterocycles. The van der Waals surface area contributed by atoms with E-state index in [1.165, 1.54) is 35.2 Å². The third-order valence-electron chi connectivity index (χ3n) is 3.66. The Kier molecular flexibility index (Phi) is 5.81. The van der Waals surface area contributed by atoms with Crippen molar-refractivity contribution in [1.82, 2.24) is 10.2 Å². The summed E-state index contributed by atoms with van der Waals surface area (Å²) >= 11 is 2.56. The fourth-order valence-corrected chi connectivity index (χ4v) is 3.95. The van der Waals surface area contributed by atoms with Crippen molar-refractivity contribution in [2.24, 2.45) is 0 Å². The number of carbonyl (C=O) groups excluding carboxylic acids is 1. The lowest BCUT2D eigenvalue weighted by Gasteiger charge is -2.06. The third kappa shape index (κ3) is 5.08. The first-order valence-electron chi connectivity index (χ1n) is 7.82. The molecule has 140 valence electrons. The van der Waals surface area contributed by atoms with Gasteiger partial charge in [-0.2, -0.15) is 13.2 Å². The number of alkyl halides is 3. The van der Waals surface area contributed by atoms with E-state index in [-0.39, 0.29) is 5.91 Å². The van der Waals surface area contributed by atoms with Crippen LogP contribution in [-0.2, 0) is 11.9 Å². The van der Waals surface area contributed by atoms with Gasteiger partial charge >= 0.3 is 6.18 Å². The lowest BCUT2D eigenvalue weighted by atomic mass is 10.1. The zero-order chi connectivity index (χ0) is 19.4. The van der Waals surface area contributed by atoms with E-state index < -0.39 is 11.7 Å². The molecule has 9 heteroatoms. The maximum absolute atomic E-state index is 12.6. The second kappa shape index (κ2) is 8.10. The summed E-state index contributed by atoms with van der Waals surface area (Å²) in [6.45, 7) is 1.85. The number of carbonyl (C=O) groups is 1. The Labute approximate surface area is 161 Å². The highest BCUT2D eigenvalue weighted by Gasteiger charge is 2.29. The number of hydrogen-bond donors (Lipinski definition) is 1. The summed E-state index contributed by atoms with van der Waals surface area (Å²) < 4.78 is 38.3. The number of anilines is 1. The smallest absolute Gasteiger partial charge is 0.296 e. The molecule has 0 unspecified atom stereocenters. The van der Waals surface area contributed by atoms with Gasteiger partial charge in [-0.3, -0.25) is 10.1 Å². The van der Waals surface area contributed by atoms with Gasteiger partial charge in [-0.05, 0) is 36.2 Å². The van der Waals surface area contributed by atoms with Gasteiger partial charge in [-0.1, -0.05) is 53.4 Å². The summed E-state index contributed by atoms with van der Waals surface area (Å²) in [5.74, 6) is 0.196. The van der Waals surface area contributed by atoms with E-state index in [4.69, 9.17) is 0 Å². The Morgan fingerprint density at radius 2 is 1.81 bits per heavy atom. The van der Waals surface area contributed by atoms with Gasteiger partial charge in [-0.15, -0.1) is 10.2 Å². The van der Waals surface area contributed by atoms with Crippen LogP contribution in [0.2, 0.25) is 0 Å². The number of nitrogens with zero attached hydrogens (tertiary/aromatic N) is 2. The maximum atomic E-state index is 12.6. The van der Waals surface area contributed by atoms with Crippen LogP contribution < -0.4 is 5.32 Å². The highest BCUT2D eigenvalue weighted by Crippen LogP contribution is 2.31. The molecule has 0 bridgehead atoms. The standard InChI is InChI=1S/C18H14F3N3OS2/c1-11-4-2-3-5-14(11)15(25)22-16-23-24-17(27-16)26-10-12-6-8-13(9-7-12)18(19,20)21/h2-9H,10H2,1H3,(H,22,23,25). The Hall–Kier alpha value is -2.39. The van der Waals surface area contributed by atoms with Crippen LogP contribution in [0.25, 0.3) is 0 Å². The van der Waals surface area contributed by atoms with Gasteiger partial charge in [0.15, 0.2) is 4.34 Å². The minimum Gasteiger partial charge on any atom is -0.296 e. The van der Waals surface area contributed by atoms with Crippen LogP contribution in [0.3, 0.4) is 0 Å². The van der Waals surface area contributed by atoms with Crippen LogP contribution in [0.4, 0.5) is 18.3 Å². The molecule has 27 heavy (non-hydrogen) atoms. The molecular weight excluding hydrogens is 395 g/mol. The first-order chi connectivity index (χ1) is 12.8. The summed E-state index contributed by atoms with van der Waals surface area (Å²) in [6.07, 6.45) is -4.34. The van der Waals surface area contributed by atoms with Crippen LogP contribution >= 0.6 is 23.1 Å². The quantitative estimate of drug-likeness (QED) is 0.452. The predicted molar refractivity (Wildman–Crippen MR) is 100 cm³/mol. The molecule has 4 nitrogen and oxygen atoms in total. The summed E-state index contributed by atoms with van der Waals surface area (Å²) in [6, 6.07) is 12.2. The molecule has 0 fully saturated rings. The molecule has 0 aliphatic carbocycles. The number of halogens is 3. The van der Waals surface area contributed by atoms with Crippen LogP contribution in [-0.4, -0.2) is 16.1 Å². The van der Waals surface area contributed by atoms with E-state index in [0.29, 0.717) is 20.8 Å². The second-order valence-electron chi connectivity index (χ2n) is 5.63. The fourth-order valence-electron chi connectivity index (χ4n) is 2.25. The molecule has 1 heterocycles. The van der Waals surface area contributed by atoms with Gasteiger partial charge in [0.05, 0.1) is 5.56 Å². The van der Waals surface area contributed by atoms with Crippen molar-refractivity contribution in [3.8, 4) is 0 Å². The average Bonchev–Trinajstić information content (AvgIpc) is 3.07. The number of aryl methyl sites for hydroxylation is 1. The number of nitrogens with one attached hydrogen (secondary N) is 1. The van der Waals surface area contributed by atoms with Crippen molar-refractivity contribution in [1.29, 1.82) is 0 Å². The summed E-state index contributed by atoms with van der Waals surface area (Å²) in [5.41, 5.74) is 1.49. The highest BCUT2D eigenvalue weighted by atomic mass is 32.2. The Morgan fingerprint density at radius 3 is 2.48 bits per heavy atom. The normalized spacial score (nSPS) is 11.4. The number of hydrogen-bond acceptors (Lipinski definition) is 5. The number of rotatable bonds is 5. The van der Waals surface area contributed by atoms with Crippen molar-refractivity contribution in [2.75, 3.05) is 5.32 Å². The number of thioether (sulfide) groups is 1. The summed E-state index contributed by atoms with van der Waals surface area (Å²) in [7, 11) is 0. The van der Waals surface area contributed by atoms with E-state index in [1.54, 1.807) is 12.1 Å². The van der Waals surface area contributed by atoms with Crippen LogP contribution in [0.1, 0.15) is 27.0 Å².